The Morgan fingerprint density at radius 1 is 1.15 bits per heavy atom. The second-order valence-corrected chi connectivity index (χ2v) is 6.51. The van der Waals surface area contributed by atoms with Crippen LogP contribution in [0.3, 0.4) is 0 Å². The summed E-state index contributed by atoms with van der Waals surface area (Å²) in [6.07, 6.45) is 0. The number of benzene rings is 2. The number of methoxy groups -OCH3 is 1. The van der Waals surface area contributed by atoms with Gasteiger partial charge in [-0.15, -0.1) is 0 Å². The molecule has 0 aliphatic carbocycles. The van der Waals surface area contributed by atoms with E-state index in [2.05, 4.69) is 10.3 Å². The van der Waals surface area contributed by atoms with Crippen molar-refractivity contribution in [1.29, 1.82) is 0 Å². The van der Waals surface area contributed by atoms with Crippen LogP contribution in [0.2, 0.25) is 5.02 Å². The van der Waals surface area contributed by atoms with Gasteiger partial charge in [-0.3, -0.25) is 14.6 Å². The third-order valence-electron chi connectivity index (χ3n) is 4.57. The number of imide groups is 1. The minimum atomic E-state index is -0.954. The lowest BCUT2D eigenvalue weighted by Crippen LogP contribution is -2.39. The molecule has 0 bridgehead atoms. The molecule has 0 saturated carbocycles. The number of carbonyl (C=O) groups excluding carboxylic acids is 2. The fourth-order valence-corrected chi connectivity index (χ4v) is 3.41. The predicted octanol–water partition coefficient (Wildman–Crippen LogP) is 2.98. The van der Waals surface area contributed by atoms with Crippen LogP contribution in [0.25, 0.3) is 0 Å². The number of fused-ring (bicyclic) bond motifs is 1. The number of amides is 2. The molecule has 0 radical (unpaired) electrons. The van der Waals surface area contributed by atoms with E-state index >= 15 is 0 Å². The molecule has 0 aromatic heterocycles. The summed E-state index contributed by atoms with van der Waals surface area (Å²) in [5.41, 5.74) is 0.612. The summed E-state index contributed by atoms with van der Waals surface area (Å²) in [5, 5.41) is 9.35. The minimum Gasteiger partial charge on any atom is -0.497 e. The van der Waals surface area contributed by atoms with E-state index in [1.54, 1.807) is 30.3 Å². The topological polar surface area (TPSA) is 74.6 Å². The molecule has 2 unspecified atom stereocenters. The van der Waals surface area contributed by atoms with Crippen LogP contribution in [0.1, 0.15) is 5.56 Å². The molecule has 7 nitrogen and oxygen atoms in total. The van der Waals surface area contributed by atoms with Crippen molar-refractivity contribution in [3.63, 3.8) is 0 Å². The first-order chi connectivity index (χ1) is 13.0. The minimum absolute atomic E-state index is 0.0638. The van der Waals surface area contributed by atoms with Gasteiger partial charge >= 0.3 is 0 Å². The van der Waals surface area contributed by atoms with Crippen LogP contribution in [-0.4, -0.2) is 36.0 Å². The number of rotatable bonds is 4. The summed E-state index contributed by atoms with van der Waals surface area (Å²) in [6.45, 7) is -0.0638. The Kier molecular flexibility index (Phi) is 4.27. The second-order valence-electron chi connectivity index (χ2n) is 6.10. The maximum atomic E-state index is 14.1. The highest BCUT2D eigenvalue weighted by atomic mass is 35.5. The standard InChI is InChI=1S/C18H14ClFN4O3/c1-27-11-7-5-10(6-8-11)24-17(25)15-16(18(24)26)23(22-21-15)9-12-13(19)3-2-4-14(12)20/h2-8,15-16H,9H2,1H3. The molecule has 2 heterocycles. The van der Waals surface area contributed by atoms with E-state index in [-0.39, 0.29) is 17.1 Å². The van der Waals surface area contributed by atoms with E-state index in [4.69, 9.17) is 16.3 Å². The maximum absolute atomic E-state index is 14.1. The van der Waals surface area contributed by atoms with Crippen molar-refractivity contribution in [1.82, 2.24) is 5.01 Å². The van der Waals surface area contributed by atoms with Gasteiger partial charge in [-0.1, -0.05) is 22.9 Å². The van der Waals surface area contributed by atoms with E-state index in [1.165, 1.54) is 24.3 Å². The van der Waals surface area contributed by atoms with Crippen molar-refractivity contribution < 1.29 is 18.7 Å². The zero-order valence-corrected chi connectivity index (χ0v) is 14.9. The van der Waals surface area contributed by atoms with Crippen LogP contribution in [0.5, 0.6) is 5.75 Å². The highest BCUT2D eigenvalue weighted by Crippen LogP contribution is 2.34. The maximum Gasteiger partial charge on any atom is 0.263 e. The van der Waals surface area contributed by atoms with Crippen molar-refractivity contribution in [3.05, 3.63) is 58.9 Å². The highest BCUT2D eigenvalue weighted by Gasteiger charge is 2.54. The number of carbonyl (C=O) groups is 2. The van der Waals surface area contributed by atoms with Crippen LogP contribution in [0.15, 0.2) is 52.8 Å². The van der Waals surface area contributed by atoms with Crippen molar-refractivity contribution in [2.75, 3.05) is 12.0 Å². The zero-order chi connectivity index (χ0) is 19.1. The molecule has 0 N–H and O–H groups in total. The second kappa shape index (κ2) is 6.62. The molecule has 2 aromatic rings. The first-order valence-corrected chi connectivity index (χ1v) is 8.51. The summed E-state index contributed by atoms with van der Waals surface area (Å²) in [4.78, 5) is 26.7. The van der Waals surface area contributed by atoms with Crippen LogP contribution in [-0.2, 0) is 16.1 Å². The molecule has 2 aromatic carbocycles. The molecule has 1 fully saturated rings. The molecule has 2 amide bonds. The predicted molar refractivity (Wildman–Crippen MR) is 94.9 cm³/mol. The molecule has 138 valence electrons. The SMILES string of the molecule is COc1ccc(N2C(=O)C3N=NN(Cc4c(F)cccc4Cl)C3C2=O)cc1. The number of halogens is 2. The van der Waals surface area contributed by atoms with Gasteiger partial charge in [0.25, 0.3) is 11.8 Å². The van der Waals surface area contributed by atoms with E-state index in [0.29, 0.717) is 11.4 Å². The number of hydrogen-bond donors (Lipinski definition) is 0. The van der Waals surface area contributed by atoms with E-state index < -0.39 is 29.7 Å². The van der Waals surface area contributed by atoms with Gasteiger partial charge in [0.2, 0.25) is 0 Å². The lowest BCUT2D eigenvalue weighted by atomic mass is 10.1. The van der Waals surface area contributed by atoms with Gasteiger partial charge in [0.15, 0.2) is 12.1 Å². The number of hydrogen-bond acceptors (Lipinski definition) is 6. The summed E-state index contributed by atoms with van der Waals surface area (Å²) in [5.74, 6) is -0.841. The van der Waals surface area contributed by atoms with Crippen LogP contribution >= 0.6 is 11.6 Å². The Balaban J connectivity index is 1.61. The Bertz CT molecular complexity index is 930. The molecular weight excluding hydrogens is 375 g/mol. The van der Waals surface area contributed by atoms with Crippen molar-refractivity contribution in [2.45, 2.75) is 18.6 Å². The van der Waals surface area contributed by atoms with Crippen LogP contribution in [0, 0.1) is 5.82 Å². The molecule has 27 heavy (non-hydrogen) atoms. The first kappa shape index (κ1) is 17.4. The summed E-state index contributed by atoms with van der Waals surface area (Å²) < 4.78 is 19.2. The van der Waals surface area contributed by atoms with E-state index in [9.17, 15) is 14.0 Å². The lowest BCUT2D eigenvalue weighted by molar-refractivity contribution is -0.123. The number of anilines is 1. The Labute approximate surface area is 159 Å². The Morgan fingerprint density at radius 3 is 2.56 bits per heavy atom. The first-order valence-electron chi connectivity index (χ1n) is 8.13. The van der Waals surface area contributed by atoms with E-state index in [0.717, 1.165) is 4.90 Å². The fraction of sp³-hybridized carbons (Fsp3) is 0.222. The van der Waals surface area contributed by atoms with Gasteiger partial charge in [-0.25, -0.2) is 9.29 Å². The molecule has 2 aliphatic heterocycles. The zero-order valence-electron chi connectivity index (χ0n) is 14.2. The molecule has 4 rings (SSSR count). The highest BCUT2D eigenvalue weighted by molar-refractivity contribution is 6.31. The summed E-state index contributed by atoms with van der Waals surface area (Å²) >= 11 is 6.06. The van der Waals surface area contributed by atoms with Crippen molar-refractivity contribution in [2.24, 2.45) is 10.3 Å². The molecular formula is C18H14ClFN4O3. The van der Waals surface area contributed by atoms with Gasteiger partial charge in [-0.05, 0) is 36.4 Å². The number of ether oxygens (including phenoxy) is 1. The van der Waals surface area contributed by atoms with Gasteiger partial charge < -0.3 is 4.74 Å². The molecule has 1 saturated heterocycles. The van der Waals surface area contributed by atoms with Gasteiger partial charge in [0.1, 0.15) is 11.6 Å². The fourth-order valence-electron chi connectivity index (χ4n) is 3.18. The van der Waals surface area contributed by atoms with Crippen molar-refractivity contribution in [3.8, 4) is 5.75 Å². The molecule has 2 aliphatic rings. The largest absolute Gasteiger partial charge is 0.497 e. The average molecular weight is 389 g/mol. The van der Waals surface area contributed by atoms with Crippen LogP contribution < -0.4 is 9.64 Å². The summed E-state index contributed by atoms with van der Waals surface area (Å²) in [6, 6.07) is 8.99. The molecule has 2 atom stereocenters. The Hall–Kier alpha value is -3.00. The van der Waals surface area contributed by atoms with E-state index in [1.807, 2.05) is 0 Å². The van der Waals surface area contributed by atoms with Crippen molar-refractivity contribution >= 4 is 29.1 Å². The number of nitrogens with zero attached hydrogens (tertiary/aromatic N) is 4. The average Bonchev–Trinajstić information content (AvgIpc) is 3.19. The monoisotopic (exact) mass is 388 g/mol. The molecule has 9 heteroatoms. The third-order valence-corrected chi connectivity index (χ3v) is 4.92. The quantitative estimate of drug-likeness (QED) is 0.755. The van der Waals surface area contributed by atoms with Gasteiger partial charge in [0.05, 0.1) is 19.3 Å². The van der Waals surface area contributed by atoms with Gasteiger partial charge in [-0.2, -0.15) is 5.11 Å². The normalized spacial score (nSPS) is 21.1. The third kappa shape index (κ3) is 2.82. The van der Waals surface area contributed by atoms with Crippen LogP contribution in [0.4, 0.5) is 10.1 Å². The lowest BCUT2D eigenvalue weighted by Gasteiger charge is -2.21. The molecule has 0 spiro atoms. The smallest absolute Gasteiger partial charge is 0.263 e. The Morgan fingerprint density at radius 2 is 1.89 bits per heavy atom. The summed E-state index contributed by atoms with van der Waals surface area (Å²) in [7, 11) is 1.53. The van der Waals surface area contributed by atoms with Gasteiger partial charge in [0, 0.05) is 10.6 Å².